The minimum absolute atomic E-state index is 0.0611. The zero-order valence-electron chi connectivity index (χ0n) is 17.9. The Kier molecular flexibility index (Phi) is 5.90. The smallest absolute Gasteiger partial charge is 0.283 e. The van der Waals surface area contributed by atoms with E-state index in [0.29, 0.717) is 16.1 Å². The Bertz CT molecular complexity index is 1170. The van der Waals surface area contributed by atoms with Gasteiger partial charge in [-0.05, 0) is 68.3 Å². The number of para-hydroxylation sites is 1. The van der Waals surface area contributed by atoms with E-state index in [1.165, 1.54) is 16.8 Å². The summed E-state index contributed by atoms with van der Waals surface area (Å²) in [5.74, 6) is -0.0403. The van der Waals surface area contributed by atoms with Crippen LogP contribution in [0.25, 0.3) is 11.8 Å². The van der Waals surface area contributed by atoms with Crippen molar-refractivity contribution in [2.75, 3.05) is 0 Å². The van der Waals surface area contributed by atoms with Gasteiger partial charge in [-0.1, -0.05) is 37.6 Å². The summed E-state index contributed by atoms with van der Waals surface area (Å²) >= 11 is 7.80. The van der Waals surface area contributed by atoms with E-state index in [4.69, 9.17) is 17.0 Å². The number of aryl methyl sites for hydroxylation is 1. The molecule has 1 N–H and O–H groups in total. The molecule has 160 valence electrons. The molecule has 1 aromatic carbocycles. The highest BCUT2D eigenvalue weighted by Crippen LogP contribution is 2.34. The molecule has 0 spiro atoms. The second kappa shape index (κ2) is 8.48. The minimum atomic E-state index is -0.410. The SMILES string of the molecule is CCC(CC)C1=NN2C(=N)/C(=C\c3cc(C)n(-c4ccccc4Cl)c3C)C(=O)N=C2S1. The van der Waals surface area contributed by atoms with Gasteiger partial charge in [-0.3, -0.25) is 10.2 Å². The van der Waals surface area contributed by atoms with Gasteiger partial charge in [0.05, 0.1) is 16.3 Å². The number of rotatable bonds is 5. The van der Waals surface area contributed by atoms with Crippen LogP contribution >= 0.6 is 23.4 Å². The predicted molar refractivity (Wildman–Crippen MR) is 129 cm³/mol. The maximum absolute atomic E-state index is 12.8. The number of carbonyl (C=O) groups is 1. The predicted octanol–water partition coefficient (Wildman–Crippen LogP) is 5.80. The number of fused-ring (bicyclic) bond motifs is 1. The minimum Gasteiger partial charge on any atom is -0.316 e. The molecule has 0 saturated carbocycles. The van der Waals surface area contributed by atoms with Crippen LogP contribution < -0.4 is 0 Å². The molecule has 31 heavy (non-hydrogen) atoms. The molecule has 0 bridgehead atoms. The summed E-state index contributed by atoms with van der Waals surface area (Å²) in [6.07, 6.45) is 3.65. The van der Waals surface area contributed by atoms with Crippen molar-refractivity contribution in [2.45, 2.75) is 40.5 Å². The van der Waals surface area contributed by atoms with Crippen LogP contribution in [0.5, 0.6) is 0 Å². The normalized spacial score (nSPS) is 17.5. The van der Waals surface area contributed by atoms with Crippen LogP contribution in [0.1, 0.15) is 43.6 Å². The maximum atomic E-state index is 12.8. The Hall–Kier alpha value is -2.64. The number of hydrazone groups is 1. The summed E-state index contributed by atoms with van der Waals surface area (Å²) in [6, 6.07) is 9.63. The lowest BCUT2D eigenvalue weighted by Crippen LogP contribution is -2.35. The largest absolute Gasteiger partial charge is 0.316 e. The molecule has 0 saturated heterocycles. The van der Waals surface area contributed by atoms with Crippen molar-refractivity contribution in [2.24, 2.45) is 16.0 Å². The van der Waals surface area contributed by atoms with Crippen molar-refractivity contribution in [3.63, 3.8) is 0 Å². The van der Waals surface area contributed by atoms with E-state index in [-0.39, 0.29) is 11.4 Å². The Balaban J connectivity index is 1.73. The van der Waals surface area contributed by atoms with Crippen LogP contribution in [0.2, 0.25) is 5.02 Å². The molecule has 3 heterocycles. The summed E-state index contributed by atoms with van der Waals surface area (Å²) in [5, 5.41) is 16.8. The number of amides is 1. The third-order valence-corrected chi connectivity index (χ3v) is 7.06. The van der Waals surface area contributed by atoms with Crippen LogP contribution in [0.15, 0.2) is 46.0 Å². The van der Waals surface area contributed by atoms with Crippen LogP contribution in [-0.4, -0.2) is 31.5 Å². The van der Waals surface area contributed by atoms with E-state index >= 15 is 0 Å². The summed E-state index contributed by atoms with van der Waals surface area (Å²) in [4.78, 5) is 17.0. The van der Waals surface area contributed by atoms with Gasteiger partial charge in [-0.15, -0.1) is 0 Å². The Morgan fingerprint density at radius 1 is 1.23 bits per heavy atom. The van der Waals surface area contributed by atoms with Crippen molar-refractivity contribution in [1.82, 2.24) is 9.58 Å². The highest BCUT2D eigenvalue weighted by atomic mass is 35.5. The quantitative estimate of drug-likeness (QED) is 0.581. The molecule has 0 atom stereocenters. The van der Waals surface area contributed by atoms with Crippen molar-refractivity contribution in [3.8, 4) is 5.69 Å². The molecule has 2 aliphatic heterocycles. The average Bonchev–Trinajstić information content (AvgIpc) is 3.27. The number of aromatic nitrogens is 1. The second-order valence-corrected chi connectivity index (χ2v) is 8.98. The molecule has 4 rings (SSSR count). The van der Waals surface area contributed by atoms with E-state index in [2.05, 4.69) is 28.5 Å². The third-order valence-electron chi connectivity index (χ3n) is 5.67. The van der Waals surface area contributed by atoms with Crippen LogP contribution in [0.4, 0.5) is 0 Å². The van der Waals surface area contributed by atoms with Crippen LogP contribution in [0, 0.1) is 25.2 Å². The molecule has 2 aromatic rings. The number of halogens is 1. The summed E-state index contributed by atoms with van der Waals surface area (Å²) < 4.78 is 2.05. The topological polar surface area (TPSA) is 73.8 Å². The first kappa shape index (κ1) is 21.6. The van der Waals surface area contributed by atoms with Gasteiger partial charge in [0.25, 0.3) is 5.91 Å². The fourth-order valence-corrected chi connectivity index (χ4v) is 5.28. The van der Waals surface area contributed by atoms with E-state index in [1.807, 2.05) is 44.2 Å². The van der Waals surface area contributed by atoms with Crippen LogP contribution in [0.3, 0.4) is 0 Å². The monoisotopic (exact) mass is 453 g/mol. The van der Waals surface area contributed by atoms with E-state index in [0.717, 1.165) is 40.5 Å². The highest BCUT2D eigenvalue weighted by molar-refractivity contribution is 8.27. The van der Waals surface area contributed by atoms with Crippen molar-refractivity contribution in [3.05, 3.63) is 57.9 Å². The lowest BCUT2D eigenvalue weighted by Gasteiger charge is -2.20. The van der Waals surface area contributed by atoms with Gasteiger partial charge >= 0.3 is 0 Å². The number of thioether (sulfide) groups is 1. The lowest BCUT2D eigenvalue weighted by atomic mass is 10.1. The van der Waals surface area contributed by atoms with Crippen molar-refractivity contribution < 1.29 is 4.79 Å². The number of hydrogen-bond donors (Lipinski definition) is 1. The van der Waals surface area contributed by atoms with E-state index < -0.39 is 5.91 Å². The molecule has 0 unspecified atom stereocenters. The number of hydrogen-bond acceptors (Lipinski definition) is 4. The highest BCUT2D eigenvalue weighted by Gasteiger charge is 2.37. The first-order chi connectivity index (χ1) is 14.8. The number of carbonyl (C=O) groups excluding carboxylic acids is 1. The average molecular weight is 454 g/mol. The molecule has 0 radical (unpaired) electrons. The zero-order chi connectivity index (χ0) is 22.3. The third kappa shape index (κ3) is 3.77. The Morgan fingerprint density at radius 2 is 1.94 bits per heavy atom. The van der Waals surface area contributed by atoms with Gasteiger partial charge in [0.2, 0.25) is 5.17 Å². The first-order valence-corrected chi connectivity index (χ1v) is 11.5. The number of benzene rings is 1. The first-order valence-electron chi connectivity index (χ1n) is 10.3. The molecule has 0 fully saturated rings. The molecule has 1 amide bonds. The molecule has 0 aliphatic carbocycles. The van der Waals surface area contributed by atoms with Gasteiger partial charge in [0, 0.05) is 17.3 Å². The van der Waals surface area contributed by atoms with Crippen LogP contribution in [-0.2, 0) is 4.79 Å². The number of nitrogens with one attached hydrogen (secondary N) is 1. The van der Waals surface area contributed by atoms with Gasteiger partial charge in [-0.25, -0.2) is 0 Å². The fraction of sp³-hybridized carbons (Fsp3) is 0.304. The van der Waals surface area contributed by atoms with Crippen molar-refractivity contribution >= 4 is 51.4 Å². The molecule has 6 nitrogen and oxygen atoms in total. The Labute approximate surface area is 191 Å². The number of aliphatic imine (C=N–C) groups is 1. The fourth-order valence-electron chi connectivity index (χ4n) is 3.90. The Morgan fingerprint density at radius 3 is 2.61 bits per heavy atom. The van der Waals surface area contributed by atoms with Gasteiger partial charge in [0.1, 0.15) is 5.04 Å². The maximum Gasteiger partial charge on any atom is 0.283 e. The summed E-state index contributed by atoms with van der Waals surface area (Å²) in [5.41, 5.74) is 3.88. The molecular formula is C23H24ClN5OS. The molecule has 1 aromatic heterocycles. The second-order valence-electron chi connectivity index (χ2n) is 7.58. The van der Waals surface area contributed by atoms with Crippen molar-refractivity contribution in [1.29, 1.82) is 5.41 Å². The molecule has 8 heteroatoms. The van der Waals surface area contributed by atoms with Gasteiger partial charge in [0.15, 0.2) is 5.84 Å². The zero-order valence-corrected chi connectivity index (χ0v) is 19.5. The summed E-state index contributed by atoms with van der Waals surface area (Å²) in [7, 11) is 0. The van der Waals surface area contributed by atoms with Gasteiger partial charge in [-0.2, -0.15) is 15.1 Å². The van der Waals surface area contributed by atoms with E-state index in [1.54, 1.807) is 6.08 Å². The van der Waals surface area contributed by atoms with Gasteiger partial charge < -0.3 is 4.57 Å². The molecular weight excluding hydrogens is 430 g/mol. The summed E-state index contributed by atoms with van der Waals surface area (Å²) in [6.45, 7) is 8.20. The van der Waals surface area contributed by atoms with E-state index in [9.17, 15) is 4.79 Å². The molecule has 2 aliphatic rings. The number of nitrogens with zero attached hydrogens (tertiary/aromatic N) is 4. The number of amidine groups is 2. The lowest BCUT2D eigenvalue weighted by molar-refractivity contribution is -0.114. The standard InChI is InChI=1S/C23H24ClN5OS/c1-5-15(6-2)22-27-29-20(25)17(21(30)26-23(29)31-22)12-16-11-13(3)28(14(16)4)19-10-8-7-9-18(19)24/h7-12,15,25H,5-6H2,1-4H3/b17-12+,25-20?.